The maximum Gasteiger partial charge on any atom is 0.239 e. The average Bonchev–Trinajstić information content (AvgIpc) is 3.32. The van der Waals surface area contributed by atoms with Crippen molar-refractivity contribution in [3.63, 3.8) is 0 Å². The van der Waals surface area contributed by atoms with Crippen LogP contribution in [-0.2, 0) is 4.74 Å². The van der Waals surface area contributed by atoms with Crippen molar-refractivity contribution in [2.24, 2.45) is 16.5 Å². The highest BCUT2D eigenvalue weighted by Crippen LogP contribution is 2.27. The number of ether oxygens (including phenoxy) is 1. The molecule has 43 heavy (non-hydrogen) atoms. The molecule has 11 nitrogen and oxygen atoms in total. The van der Waals surface area contributed by atoms with Gasteiger partial charge in [-0.05, 0) is 26.7 Å². The van der Waals surface area contributed by atoms with E-state index in [0.717, 1.165) is 57.0 Å². The molecule has 236 valence electrons. The van der Waals surface area contributed by atoms with Gasteiger partial charge in [0.15, 0.2) is 17.3 Å². The number of hydrogen-bond acceptors (Lipinski definition) is 11. The van der Waals surface area contributed by atoms with Crippen LogP contribution < -0.4 is 22.5 Å². The van der Waals surface area contributed by atoms with Crippen molar-refractivity contribution >= 4 is 28.7 Å². The molecule has 3 aromatic rings. The molecule has 0 aliphatic carbocycles. The lowest BCUT2D eigenvalue weighted by molar-refractivity contribution is 0.212. The van der Waals surface area contributed by atoms with Gasteiger partial charge in [0.2, 0.25) is 11.8 Å². The first kappa shape index (κ1) is 35.0. The van der Waals surface area contributed by atoms with Crippen LogP contribution in [0.4, 0.5) is 24.9 Å². The first-order valence-corrected chi connectivity index (χ1v) is 14.0. The third-order valence-electron chi connectivity index (χ3n) is 6.34. The van der Waals surface area contributed by atoms with E-state index in [9.17, 15) is 18.3 Å². The van der Waals surface area contributed by atoms with E-state index in [1.54, 1.807) is 0 Å². The summed E-state index contributed by atoms with van der Waals surface area (Å²) >= 11 is 0. The maximum atomic E-state index is 13.5. The number of fused-ring (bicyclic) bond motifs is 1. The molecule has 0 bridgehead atoms. The van der Waals surface area contributed by atoms with E-state index >= 15 is 0 Å². The normalized spacial score (nSPS) is 17.0. The van der Waals surface area contributed by atoms with Crippen LogP contribution in [0.3, 0.4) is 0 Å². The first-order chi connectivity index (χ1) is 20.2. The minimum atomic E-state index is -0.742. The molecule has 14 heteroatoms. The van der Waals surface area contributed by atoms with Gasteiger partial charge in [-0.15, -0.1) is 0 Å². The van der Waals surface area contributed by atoms with Crippen LogP contribution in [0.5, 0.6) is 0 Å². The molecule has 0 amide bonds. The third kappa shape index (κ3) is 10.9. The zero-order valence-electron chi connectivity index (χ0n) is 25.1. The Balaban J connectivity index is 0.000000269. The maximum absolute atomic E-state index is 13.5. The summed E-state index contributed by atoms with van der Waals surface area (Å²) in [6, 6.07) is 2.05. The van der Waals surface area contributed by atoms with Crippen LogP contribution in [0.2, 0.25) is 0 Å². The Morgan fingerprint density at radius 3 is 2.33 bits per heavy atom. The molecule has 0 unspecified atom stereocenters. The van der Waals surface area contributed by atoms with Crippen LogP contribution in [0, 0.1) is 17.5 Å². The van der Waals surface area contributed by atoms with Crippen LogP contribution in [0.1, 0.15) is 71.9 Å². The number of aliphatic imine (C=N–C) groups is 1. The number of aliphatic hydroxyl groups excluding tert-OH is 1. The predicted octanol–water partition coefficient (Wildman–Crippen LogP) is 4.56. The Kier molecular flexibility index (Phi) is 12.9. The van der Waals surface area contributed by atoms with Gasteiger partial charge >= 0.3 is 0 Å². The van der Waals surface area contributed by atoms with E-state index in [-0.39, 0.29) is 35.5 Å². The summed E-state index contributed by atoms with van der Waals surface area (Å²) in [5, 5.41) is 12.8. The summed E-state index contributed by atoms with van der Waals surface area (Å²) in [7, 11) is 0. The van der Waals surface area contributed by atoms with Crippen molar-refractivity contribution in [1.29, 1.82) is 0 Å². The number of unbranched alkanes of at least 4 members (excludes halogenated alkanes) is 2. The number of nitrogens with two attached hydrogens (primary N) is 3. The van der Waals surface area contributed by atoms with Crippen LogP contribution in [0.15, 0.2) is 41.9 Å². The number of halogens is 3. The topological polar surface area (TPSA) is 183 Å². The van der Waals surface area contributed by atoms with Crippen molar-refractivity contribution in [3.05, 3.63) is 60.1 Å². The number of hydrogen-bond donors (Lipinski definition) is 5. The summed E-state index contributed by atoms with van der Waals surface area (Å²) in [5.41, 5.74) is 14.9. The molecule has 3 aromatic heterocycles. The van der Waals surface area contributed by atoms with Gasteiger partial charge in [0, 0.05) is 12.1 Å². The zero-order valence-corrected chi connectivity index (χ0v) is 25.1. The highest BCUT2D eigenvalue weighted by atomic mass is 19.1. The van der Waals surface area contributed by atoms with Crippen LogP contribution >= 0.6 is 0 Å². The number of pyridine rings is 2. The van der Waals surface area contributed by atoms with Crippen molar-refractivity contribution < 1.29 is 23.0 Å². The highest BCUT2D eigenvalue weighted by molar-refractivity contribution is 5.93. The number of nitrogens with zero attached hydrogens (tertiary/aromatic N) is 5. The van der Waals surface area contributed by atoms with E-state index < -0.39 is 23.0 Å². The lowest BCUT2D eigenvalue weighted by Crippen LogP contribution is -2.39. The van der Waals surface area contributed by atoms with Crippen molar-refractivity contribution in [1.82, 2.24) is 19.9 Å². The van der Waals surface area contributed by atoms with E-state index in [1.165, 1.54) is 6.07 Å². The van der Waals surface area contributed by atoms with Gasteiger partial charge in [-0.1, -0.05) is 46.1 Å². The quantitative estimate of drug-likeness (QED) is 0.220. The first-order valence-electron chi connectivity index (χ1n) is 14.0. The molecule has 0 aromatic carbocycles. The number of nitrogens with one attached hydrogen (secondary N) is 1. The molecule has 0 saturated heterocycles. The molecule has 0 radical (unpaired) electrons. The molecule has 1 aliphatic heterocycles. The van der Waals surface area contributed by atoms with E-state index in [1.807, 2.05) is 13.8 Å². The van der Waals surface area contributed by atoms with Gasteiger partial charge in [0.25, 0.3) is 0 Å². The minimum Gasteiger partial charge on any atom is -0.474 e. The van der Waals surface area contributed by atoms with Gasteiger partial charge in [-0.25, -0.2) is 33.1 Å². The summed E-state index contributed by atoms with van der Waals surface area (Å²) in [6.45, 7) is 11.5. The average molecular weight is 606 g/mol. The van der Waals surface area contributed by atoms with Crippen LogP contribution in [0.25, 0.3) is 11.0 Å². The van der Waals surface area contributed by atoms with E-state index in [2.05, 4.69) is 50.7 Å². The molecule has 0 saturated carbocycles. The summed E-state index contributed by atoms with van der Waals surface area (Å²) in [6.07, 6.45) is 7.82. The summed E-state index contributed by atoms with van der Waals surface area (Å²) in [5.74, 6) is -1.15. The molecule has 0 fully saturated rings. The predicted molar refractivity (Wildman–Crippen MR) is 162 cm³/mol. The smallest absolute Gasteiger partial charge is 0.239 e. The summed E-state index contributed by atoms with van der Waals surface area (Å²) < 4.78 is 45.0. The lowest BCUT2D eigenvalue weighted by Gasteiger charge is -2.29. The zero-order chi connectivity index (χ0) is 32.2. The second-order valence-corrected chi connectivity index (χ2v) is 10.8. The van der Waals surface area contributed by atoms with E-state index in [4.69, 9.17) is 21.9 Å². The fraction of sp³-hybridized carbons (Fsp3) is 0.483. The molecule has 2 atom stereocenters. The minimum absolute atomic E-state index is 0.0170. The van der Waals surface area contributed by atoms with Crippen molar-refractivity contribution in [2.45, 2.75) is 77.3 Å². The Morgan fingerprint density at radius 2 is 1.72 bits per heavy atom. The molecule has 1 aliphatic rings. The second-order valence-electron chi connectivity index (χ2n) is 10.8. The van der Waals surface area contributed by atoms with Crippen molar-refractivity contribution in [3.8, 4) is 0 Å². The third-order valence-corrected chi connectivity index (χ3v) is 6.34. The standard InChI is InChI=1S/C14H20FN5O.C13H16F2N2O.C2H6N2/c1-3-4-5-14(2,8-21)20-12-11-10(18-13(16)19-12)6-9(15)7-17-11;1-3-4-5-13(2)8-18-12(17-13)11-10(15)6-9(14)7-16-11;1-2(3)4/h6-7,21H,3-5,8H2,1-2H3,(H3,16,18,19,20);6-7H,3-5,8H2,1-2H3;1,3-4H2/t14-;13-;/m11./s1. The largest absolute Gasteiger partial charge is 0.474 e. The Labute approximate surface area is 249 Å². The molecule has 0 spiro atoms. The van der Waals surface area contributed by atoms with Gasteiger partial charge in [0.1, 0.15) is 23.8 Å². The second kappa shape index (κ2) is 15.9. The number of aliphatic hydroxyl groups is 1. The molecular weight excluding hydrogens is 563 g/mol. The fourth-order valence-corrected chi connectivity index (χ4v) is 4.05. The van der Waals surface area contributed by atoms with Crippen LogP contribution in [-0.4, -0.2) is 55.2 Å². The number of nitrogen functional groups attached to an aromatic ring is 1. The number of rotatable bonds is 10. The summed E-state index contributed by atoms with van der Waals surface area (Å²) in [4.78, 5) is 20.2. The Morgan fingerprint density at radius 1 is 1.09 bits per heavy atom. The fourth-order valence-electron chi connectivity index (χ4n) is 4.05. The number of anilines is 2. The number of aromatic nitrogens is 4. The monoisotopic (exact) mass is 605 g/mol. The van der Waals surface area contributed by atoms with Gasteiger partial charge in [-0.3, -0.25) is 0 Å². The highest BCUT2D eigenvalue weighted by Gasteiger charge is 2.33. The Bertz CT molecular complexity index is 1400. The van der Waals surface area contributed by atoms with E-state index in [0.29, 0.717) is 23.5 Å². The molecular formula is C29H42F3N9O2. The lowest BCUT2D eigenvalue weighted by atomic mass is 9.96. The molecule has 4 heterocycles. The molecule has 8 N–H and O–H groups in total. The van der Waals surface area contributed by atoms with Gasteiger partial charge in [0.05, 0.1) is 41.4 Å². The van der Waals surface area contributed by atoms with Gasteiger partial charge in [-0.2, -0.15) is 4.98 Å². The van der Waals surface area contributed by atoms with Crippen molar-refractivity contribution in [2.75, 3.05) is 24.3 Å². The Hall–Kier alpha value is -4.20. The SMILES string of the molecule is C=C(N)N.CCCC[C@](C)(CO)Nc1nc(N)nc2cc(F)cnc12.CCCC[C@]1(C)COC(c2ncc(F)cc2F)=N1. The van der Waals surface area contributed by atoms with Gasteiger partial charge < -0.3 is 32.4 Å². The molecule has 4 rings (SSSR count).